The maximum absolute atomic E-state index is 5.47. The highest BCUT2D eigenvalue weighted by Crippen LogP contribution is 2.01. The van der Waals surface area contributed by atoms with Gasteiger partial charge < -0.3 is 9.15 Å². The number of benzene rings is 1. The summed E-state index contributed by atoms with van der Waals surface area (Å²) < 4.78 is 10.4. The average molecular weight is 204 g/mol. The minimum absolute atomic E-state index is 0.594. The van der Waals surface area contributed by atoms with Crippen LogP contribution < -0.4 is 0 Å². The van der Waals surface area contributed by atoms with E-state index in [1.54, 1.807) is 0 Å². The number of hydrogen-bond donors (Lipinski definition) is 0. The molecule has 0 radical (unpaired) electrons. The second kappa shape index (κ2) is 5.26. The monoisotopic (exact) mass is 204 g/mol. The van der Waals surface area contributed by atoms with Crippen molar-refractivity contribution >= 4 is 0 Å². The molecule has 2 rings (SSSR count). The number of hydrogen-bond acceptors (Lipinski definition) is 4. The van der Waals surface area contributed by atoms with Crippen LogP contribution in [0.5, 0.6) is 0 Å². The van der Waals surface area contributed by atoms with E-state index in [9.17, 15) is 0 Å². The summed E-state index contributed by atoms with van der Waals surface area (Å²) in [4.78, 5) is 0. The maximum atomic E-state index is 5.47. The third-order valence-corrected chi connectivity index (χ3v) is 1.98. The van der Waals surface area contributed by atoms with Crippen molar-refractivity contribution in [3.63, 3.8) is 0 Å². The van der Waals surface area contributed by atoms with Crippen LogP contribution in [0.2, 0.25) is 0 Å². The highest BCUT2D eigenvalue weighted by molar-refractivity contribution is 5.13. The van der Waals surface area contributed by atoms with E-state index >= 15 is 0 Å². The largest absolute Gasteiger partial charge is 0.428 e. The van der Waals surface area contributed by atoms with Crippen molar-refractivity contribution < 1.29 is 9.15 Å². The third kappa shape index (κ3) is 3.18. The van der Waals surface area contributed by atoms with E-state index in [0.717, 1.165) is 0 Å². The minimum atomic E-state index is 0.594. The molecule has 0 bridgehead atoms. The Morgan fingerprint density at radius 1 is 1.20 bits per heavy atom. The first-order chi connectivity index (χ1) is 7.45. The molecule has 4 nitrogen and oxygen atoms in total. The molecule has 0 aliphatic heterocycles. The summed E-state index contributed by atoms with van der Waals surface area (Å²) in [5, 5.41) is 7.35. The Balaban J connectivity index is 1.68. The summed E-state index contributed by atoms with van der Waals surface area (Å²) in [5.74, 6) is 0.614. The molecule has 1 aromatic carbocycles. The normalized spacial score (nSPS) is 10.4. The Kier molecular flexibility index (Phi) is 3.46. The number of nitrogens with zero attached hydrogens (tertiary/aromatic N) is 2. The first-order valence-corrected chi connectivity index (χ1v) is 4.82. The molecule has 0 amide bonds. The van der Waals surface area contributed by atoms with E-state index in [1.807, 2.05) is 30.3 Å². The summed E-state index contributed by atoms with van der Waals surface area (Å²) in [7, 11) is 0. The van der Waals surface area contributed by atoms with E-state index in [0.29, 0.717) is 25.5 Å². The molecular formula is C11H12N2O2. The lowest BCUT2D eigenvalue weighted by Gasteiger charge is -2.01. The van der Waals surface area contributed by atoms with Crippen LogP contribution in [-0.4, -0.2) is 16.8 Å². The lowest BCUT2D eigenvalue weighted by molar-refractivity contribution is 0.119. The molecule has 0 N–H and O–H groups in total. The first-order valence-electron chi connectivity index (χ1n) is 4.82. The fraction of sp³-hybridized carbons (Fsp3) is 0.273. The highest BCUT2D eigenvalue weighted by Gasteiger charge is 1.98. The molecular weight excluding hydrogens is 192 g/mol. The van der Waals surface area contributed by atoms with Crippen molar-refractivity contribution in [2.24, 2.45) is 0 Å². The molecule has 0 saturated heterocycles. The van der Waals surface area contributed by atoms with E-state index in [1.165, 1.54) is 12.0 Å². The van der Waals surface area contributed by atoms with Gasteiger partial charge in [0.1, 0.15) is 0 Å². The fourth-order valence-corrected chi connectivity index (χ4v) is 1.23. The predicted molar refractivity (Wildman–Crippen MR) is 54.1 cm³/mol. The van der Waals surface area contributed by atoms with Gasteiger partial charge in [0.15, 0.2) is 0 Å². The SMILES string of the molecule is c1ccc(COCCc2nnco2)cc1. The summed E-state index contributed by atoms with van der Waals surface area (Å²) >= 11 is 0. The smallest absolute Gasteiger partial charge is 0.218 e. The van der Waals surface area contributed by atoms with E-state index in [2.05, 4.69) is 10.2 Å². The summed E-state index contributed by atoms with van der Waals surface area (Å²) in [6, 6.07) is 10.1. The molecule has 0 spiro atoms. The van der Waals surface area contributed by atoms with Crippen molar-refractivity contribution in [1.29, 1.82) is 0 Å². The Bertz CT molecular complexity index is 373. The van der Waals surface area contributed by atoms with Crippen molar-refractivity contribution in [3.8, 4) is 0 Å². The lowest BCUT2D eigenvalue weighted by atomic mass is 10.2. The number of ether oxygens (including phenoxy) is 1. The zero-order chi connectivity index (χ0) is 10.3. The van der Waals surface area contributed by atoms with Crippen LogP contribution in [0.4, 0.5) is 0 Å². The molecule has 4 heteroatoms. The molecule has 15 heavy (non-hydrogen) atoms. The highest BCUT2D eigenvalue weighted by atomic mass is 16.5. The van der Waals surface area contributed by atoms with Gasteiger partial charge in [-0.25, -0.2) is 0 Å². The maximum Gasteiger partial charge on any atom is 0.218 e. The van der Waals surface area contributed by atoms with E-state index in [4.69, 9.17) is 9.15 Å². The van der Waals surface area contributed by atoms with Gasteiger partial charge >= 0.3 is 0 Å². The Hall–Kier alpha value is -1.68. The van der Waals surface area contributed by atoms with Crippen LogP contribution in [0, 0.1) is 0 Å². The summed E-state index contributed by atoms with van der Waals surface area (Å²) in [5.41, 5.74) is 1.17. The zero-order valence-electron chi connectivity index (χ0n) is 8.30. The molecule has 0 saturated carbocycles. The van der Waals surface area contributed by atoms with Crippen molar-refractivity contribution in [2.45, 2.75) is 13.0 Å². The Morgan fingerprint density at radius 3 is 2.80 bits per heavy atom. The number of aromatic nitrogens is 2. The van der Waals surface area contributed by atoms with Gasteiger partial charge in [-0.1, -0.05) is 30.3 Å². The van der Waals surface area contributed by atoms with Gasteiger partial charge in [-0.3, -0.25) is 0 Å². The van der Waals surface area contributed by atoms with Crippen molar-refractivity contribution in [3.05, 3.63) is 48.2 Å². The molecule has 0 aliphatic carbocycles. The second-order valence-corrected chi connectivity index (χ2v) is 3.12. The topological polar surface area (TPSA) is 48.2 Å². The van der Waals surface area contributed by atoms with Gasteiger partial charge in [0.25, 0.3) is 0 Å². The fourth-order valence-electron chi connectivity index (χ4n) is 1.23. The molecule has 0 fully saturated rings. The van der Waals surface area contributed by atoms with Crippen LogP contribution in [0.15, 0.2) is 41.1 Å². The molecule has 1 aromatic heterocycles. The van der Waals surface area contributed by atoms with Gasteiger partial charge in [0.2, 0.25) is 12.3 Å². The minimum Gasteiger partial charge on any atom is -0.428 e. The second-order valence-electron chi connectivity index (χ2n) is 3.12. The number of rotatable bonds is 5. The van der Waals surface area contributed by atoms with Gasteiger partial charge in [0, 0.05) is 6.42 Å². The first kappa shape index (κ1) is 9.86. The molecule has 2 aromatic rings. The lowest BCUT2D eigenvalue weighted by Crippen LogP contribution is -1.99. The van der Waals surface area contributed by atoms with Crippen molar-refractivity contribution in [1.82, 2.24) is 10.2 Å². The average Bonchev–Trinajstić information content (AvgIpc) is 2.79. The summed E-state index contributed by atoms with van der Waals surface area (Å²) in [6.07, 6.45) is 1.99. The van der Waals surface area contributed by atoms with Crippen molar-refractivity contribution in [2.75, 3.05) is 6.61 Å². The van der Waals surface area contributed by atoms with E-state index in [-0.39, 0.29) is 0 Å². The summed E-state index contributed by atoms with van der Waals surface area (Å²) in [6.45, 7) is 1.21. The quantitative estimate of drug-likeness (QED) is 0.697. The standard InChI is InChI=1S/C11H12N2O2/c1-2-4-10(5-3-1)8-14-7-6-11-13-12-9-15-11/h1-5,9H,6-8H2. The third-order valence-electron chi connectivity index (χ3n) is 1.98. The van der Waals surface area contributed by atoms with Crippen LogP contribution >= 0.6 is 0 Å². The molecule has 0 unspecified atom stereocenters. The van der Waals surface area contributed by atoms with Crippen LogP contribution in [-0.2, 0) is 17.8 Å². The van der Waals surface area contributed by atoms with Crippen LogP contribution in [0.1, 0.15) is 11.5 Å². The van der Waals surface area contributed by atoms with Gasteiger partial charge in [-0.2, -0.15) is 0 Å². The van der Waals surface area contributed by atoms with Crippen LogP contribution in [0.25, 0.3) is 0 Å². The predicted octanol–water partition coefficient (Wildman–Crippen LogP) is 1.83. The molecule has 0 atom stereocenters. The van der Waals surface area contributed by atoms with Gasteiger partial charge in [0.05, 0.1) is 13.2 Å². The molecule has 78 valence electrons. The van der Waals surface area contributed by atoms with Gasteiger partial charge in [-0.15, -0.1) is 10.2 Å². The van der Waals surface area contributed by atoms with Crippen LogP contribution in [0.3, 0.4) is 0 Å². The Labute approximate surface area is 87.9 Å². The Morgan fingerprint density at radius 2 is 2.07 bits per heavy atom. The zero-order valence-corrected chi connectivity index (χ0v) is 8.30. The molecule has 1 heterocycles. The molecule has 0 aliphatic rings. The van der Waals surface area contributed by atoms with E-state index < -0.39 is 0 Å². The van der Waals surface area contributed by atoms with Gasteiger partial charge in [-0.05, 0) is 5.56 Å².